The normalized spacial score (nSPS) is 13.5. The quantitative estimate of drug-likeness (QED) is 0.496. The fourth-order valence-corrected chi connectivity index (χ4v) is 0.767. The van der Waals surface area contributed by atoms with Gasteiger partial charge in [-0.05, 0) is 11.3 Å². The van der Waals surface area contributed by atoms with Gasteiger partial charge in [0.2, 0.25) is 0 Å². The van der Waals surface area contributed by atoms with Crippen LogP contribution in [-0.4, -0.2) is 12.6 Å². The highest BCUT2D eigenvalue weighted by atomic mass is 16.5. The van der Waals surface area contributed by atoms with Crippen molar-refractivity contribution < 1.29 is 9.53 Å². The Morgan fingerprint density at radius 3 is 2.46 bits per heavy atom. The number of esters is 1. The molecule has 2 nitrogen and oxygen atoms in total. The van der Waals surface area contributed by atoms with Crippen LogP contribution in [0.25, 0.3) is 0 Å². The third-order valence-electron chi connectivity index (χ3n) is 2.31. The molecular weight excluding hydrogens is 164 g/mol. The van der Waals surface area contributed by atoms with Crippen LogP contribution in [0.15, 0.2) is 12.7 Å². The number of hydrogen-bond acceptors (Lipinski definition) is 2. The van der Waals surface area contributed by atoms with Gasteiger partial charge in [0.1, 0.15) is 6.61 Å². The molecule has 0 aliphatic carbocycles. The van der Waals surface area contributed by atoms with Crippen LogP contribution in [-0.2, 0) is 9.53 Å². The Kier molecular flexibility index (Phi) is 4.74. The van der Waals surface area contributed by atoms with Gasteiger partial charge in [-0.2, -0.15) is 0 Å². The van der Waals surface area contributed by atoms with Crippen LogP contribution >= 0.6 is 0 Å². The number of carbonyl (C=O) groups excluding carboxylic acids is 1. The molecule has 0 rings (SSSR count). The second-order valence-corrected chi connectivity index (χ2v) is 4.44. The smallest absolute Gasteiger partial charge is 0.306 e. The van der Waals surface area contributed by atoms with E-state index in [4.69, 9.17) is 4.74 Å². The van der Waals surface area contributed by atoms with Crippen molar-refractivity contribution in [3.8, 4) is 0 Å². The van der Waals surface area contributed by atoms with Gasteiger partial charge in [-0.25, -0.2) is 0 Å². The van der Waals surface area contributed by atoms with E-state index in [1.165, 1.54) is 0 Å². The molecular formula is C11H20O2. The predicted octanol–water partition coefficient (Wildman–Crippen LogP) is 2.79. The van der Waals surface area contributed by atoms with Crippen molar-refractivity contribution in [2.24, 2.45) is 11.3 Å². The molecule has 0 bridgehead atoms. The van der Waals surface area contributed by atoms with Gasteiger partial charge >= 0.3 is 5.97 Å². The molecule has 1 atom stereocenters. The lowest BCUT2D eigenvalue weighted by Crippen LogP contribution is -2.21. The monoisotopic (exact) mass is 184 g/mol. The van der Waals surface area contributed by atoms with Crippen LogP contribution in [0.1, 0.15) is 34.1 Å². The lowest BCUT2D eigenvalue weighted by atomic mass is 9.80. The third-order valence-corrected chi connectivity index (χ3v) is 2.31. The van der Waals surface area contributed by atoms with Gasteiger partial charge in [0.25, 0.3) is 0 Å². The van der Waals surface area contributed by atoms with Gasteiger partial charge in [0.05, 0.1) is 0 Å². The Labute approximate surface area is 81.0 Å². The van der Waals surface area contributed by atoms with Crippen LogP contribution in [0, 0.1) is 11.3 Å². The Bertz CT molecular complexity index is 177. The van der Waals surface area contributed by atoms with Crippen molar-refractivity contribution >= 4 is 5.97 Å². The topological polar surface area (TPSA) is 26.3 Å². The first-order valence-electron chi connectivity index (χ1n) is 4.64. The lowest BCUT2D eigenvalue weighted by molar-refractivity contribution is -0.144. The van der Waals surface area contributed by atoms with E-state index >= 15 is 0 Å². The Morgan fingerprint density at radius 2 is 2.08 bits per heavy atom. The Hall–Kier alpha value is -0.790. The van der Waals surface area contributed by atoms with Gasteiger partial charge in [-0.1, -0.05) is 40.3 Å². The maximum Gasteiger partial charge on any atom is 0.306 e. The molecule has 0 aliphatic rings. The molecule has 0 saturated carbocycles. The van der Waals surface area contributed by atoms with E-state index in [2.05, 4.69) is 34.3 Å². The number of hydrogen-bond donors (Lipinski definition) is 0. The summed E-state index contributed by atoms with van der Waals surface area (Å²) in [5.41, 5.74) is 0.160. The summed E-state index contributed by atoms with van der Waals surface area (Å²) in [6, 6.07) is 0. The van der Waals surface area contributed by atoms with E-state index in [9.17, 15) is 4.79 Å². The fraction of sp³-hybridized carbons (Fsp3) is 0.727. The maximum atomic E-state index is 11.2. The second-order valence-electron chi connectivity index (χ2n) is 4.44. The van der Waals surface area contributed by atoms with Gasteiger partial charge < -0.3 is 4.74 Å². The SMILES string of the molecule is C=CCOC(=O)CC(C)C(C)(C)C. The molecule has 0 fully saturated rings. The van der Waals surface area contributed by atoms with Crippen LogP contribution in [0.2, 0.25) is 0 Å². The van der Waals surface area contributed by atoms with E-state index in [0.717, 1.165) is 0 Å². The highest BCUT2D eigenvalue weighted by Crippen LogP contribution is 2.28. The molecule has 0 saturated heterocycles. The summed E-state index contributed by atoms with van der Waals surface area (Å²) >= 11 is 0. The molecule has 1 unspecified atom stereocenters. The zero-order chi connectivity index (χ0) is 10.5. The number of ether oxygens (including phenoxy) is 1. The summed E-state index contributed by atoms with van der Waals surface area (Å²) in [5, 5.41) is 0. The molecule has 0 aliphatic heterocycles. The van der Waals surface area contributed by atoms with Crippen LogP contribution in [0.4, 0.5) is 0 Å². The highest BCUT2D eigenvalue weighted by molar-refractivity contribution is 5.69. The molecule has 0 aromatic heterocycles. The molecule has 0 amide bonds. The van der Waals surface area contributed by atoms with Crippen molar-refractivity contribution in [3.05, 3.63) is 12.7 Å². The van der Waals surface area contributed by atoms with E-state index in [-0.39, 0.29) is 11.4 Å². The summed E-state index contributed by atoms with van der Waals surface area (Å²) in [4.78, 5) is 11.2. The Morgan fingerprint density at radius 1 is 1.54 bits per heavy atom. The van der Waals surface area contributed by atoms with Gasteiger partial charge in [-0.15, -0.1) is 0 Å². The highest BCUT2D eigenvalue weighted by Gasteiger charge is 2.22. The minimum absolute atomic E-state index is 0.137. The fourth-order valence-electron chi connectivity index (χ4n) is 0.767. The van der Waals surface area contributed by atoms with Crippen LogP contribution in [0.5, 0.6) is 0 Å². The summed E-state index contributed by atoms with van der Waals surface area (Å²) in [7, 11) is 0. The minimum atomic E-state index is -0.137. The largest absolute Gasteiger partial charge is 0.461 e. The van der Waals surface area contributed by atoms with E-state index in [1.54, 1.807) is 6.08 Å². The number of carbonyl (C=O) groups is 1. The minimum Gasteiger partial charge on any atom is -0.461 e. The molecule has 0 N–H and O–H groups in total. The van der Waals surface area contributed by atoms with Crippen molar-refractivity contribution in [2.45, 2.75) is 34.1 Å². The third kappa shape index (κ3) is 5.45. The van der Waals surface area contributed by atoms with Crippen molar-refractivity contribution in [1.82, 2.24) is 0 Å². The average molecular weight is 184 g/mol. The van der Waals surface area contributed by atoms with E-state index < -0.39 is 0 Å². The molecule has 0 radical (unpaired) electrons. The zero-order valence-electron chi connectivity index (χ0n) is 9.09. The molecule has 0 aromatic rings. The molecule has 0 heterocycles. The van der Waals surface area contributed by atoms with Crippen LogP contribution < -0.4 is 0 Å². The molecule has 0 aromatic carbocycles. The maximum absolute atomic E-state index is 11.2. The second kappa shape index (κ2) is 5.05. The summed E-state index contributed by atoms with van der Waals surface area (Å²) in [6.07, 6.45) is 2.07. The van der Waals surface area contributed by atoms with E-state index in [0.29, 0.717) is 18.9 Å². The van der Waals surface area contributed by atoms with E-state index in [1.807, 2.05) is 0 Å². The van der Waals surface area contributed by atoms with Gasteiger partial charge in [0, 0.05) is 6.42 Å². The molecule has 0 spiro atoms. The van der Waals surface area contributed by atoms with Crippen LogP contribution in [0.3, 0.4) is 0 Å². The molecule has 2 heteroatoms. The molecule has 76 valence electrons. The first-order valence-corrected chi connectivity index (χ1v) is 4.64. The number of rotatable bonds is 4. The summed E-state index contributed by atoms with van der Waals surface area (Å²) in [5.74, 6) is 0.201. The standard InChI is InChI=1S/C11H20O2/c1-6-7-13-10(12)8-9(2)11(3,4)5/h6,9H,1,7-8H2,2-5H3. The average Bonchev–Trinajstić information content (AvgIpc) is 1.99. The Balaban J connectivity index is 3.85. The van der Waals surface area contributed by atoms with Crippen molar-refractivity contribution in [2.75, 3.05) is 6.61 Å². The summed E-state index contributed by atoms with van der Waals surface area (Å²) in [6.45, 7) is 12.2. The first kappa shape index (κ1) is 12.2. The van der Waals surface area contributed by atoms with Gasteiger partial charge in [-0.3, -0.25) is 4.79 Å². The zero-order valence-corrected chi connectivity index (χ0v) is 9.09. The van der Waals surface area contributed by atoms with Gasteiger partial charge in [0.15, 0.2) is 0 Å². The summed E-state index contributed by atoms with van der Waals surface area (Å²) < 4.78 is 4.90. The van der Waals surface area contributed by atoms with Crippen molar-refractivity contribution in [3.63, 3.8) is 0 Å². The lowest BCUT2D eigenvalue weighted by Gasteiger charge is -2.26. The van der Waals surface area contributed by atoms with Crippen molar-refractivity contribution in [1.29, 1.82) is 0 Å². The first-order chi connectivity index (χ1) is 5.88. The molecule has 13 heavy (non-hydrogen) atoms. The predicted molar refractivity (Wildman–Crippen MR) is 54.4 cm³/mol.